The summed E-state index contributed by atoms with van der Waals surface area (Å²) in [5.74, 6) is 0. The van der Waals surface area contributed by atoms with E-state index in [1.807, 2.05) is 31.2 Å². The van der Waals surface area contributed by atoms with E-state index in [2.05, 4.69) is 20.6 Å². The summed E-state index contributed by atoms with van der Waals surface area (Å²) in [4.78, 5) is 19.9. The smallest absolute Gasteiger partial charge is 0.315 e. The van der Waals surface area contributed by atoms with E-state index in [1.54, 1.807) is 18.6 Å². The van der Waals surface area contributed by atoms with Crippen molar-refractivity contribution >= 4 is 6.03 Å². The molecule has 0 aliphatic heterocycles. The molecule has 2 heterocycles. The van der Waals surface area contributed by atoms with Crippen LogP contribution in [0.3, 0.4) is 0 Å². The van der Waals surface area contributed by atoms with Crippen LogP contribution in [0, 0.1) is 0 Å². The fourth-order valence-electron chi connectivity index (χ4n) is 1.70. The molecular weight excluding hydrogens is 252 g/mol. The summed E-state index contributed by atoms with van der Waals surface area (Å²) in [5.41, 5.74) is 2.81. The Morgan fingerprint density at radius 1 is 1.20 bits per heavy atom. The van der Waals surface area contributed by atoms with Gasteiger partial charge >= 0.3 is 6.03 Å². The normalized spacial score (nSPS) is 10.1. The van der Waals surface area contributed by atoms with Crippen molar-refractivity contribution < 1.29 is 4.79 Å². The Balaban J connectivity index is 1.90. The van der Waals surface area contributed by atoms with Crippen LogP contribution in [0.25, 0.3) is 11.3 Å². The van der Waals surface area contributed by atoms with Crippen molar-refractivity contribution in [1.29, 1.82) is 0 Å². The van der Waals surface area contributed by atoms with Crippen molar-refractivity contribution in [2.75, 3.05) is 6.54 Å². The number of aromatic nitrogens is 2. The highest BCUT2D eigenvalue weighted by molar-refractivity contribution is 5.73. The minimum Gasteiger partial charge on any atom is -0.338 e. The van der Waals surface area contributed by atoms with Crippen molar-refractivity contribution in [2.24, 2.45) is 0 Å². The predicted octanol–water partition coefficient (Wildman–Crippen LogP) is 2.35. The summed E-state index contributed by atoms with van der Waals surface area (Å²) in [5, 5.41) is 5.55. The van der Waals surface area contributed by atoms with E-state index in [1.165, 1.54) is 0 Å². The van der Waals surface area contributed by atoms with Crippen LogP contribution < -0.4 is 10.6 Å². The molecule has 0 unspecified atom stereocenters. The average Bonchev–Trinajstić information content (AvgIpc) is 2.52. The van der Waals surface area contributed by atoms with Crippen LogP contribution in [-0.4, -0.2) is 22.5 Å². The molecule has 104 valence electrons. The Morgan fingerprint density at radius 3 is 2.75 bits per heavy atom. The molecule has 5 heteroatoms. The SMILES string of the molecule is CCCNC(=O)NCc1ccc(-c2cccnc2)nc1. The lowest BCUT2D eigenvalue weighted by molar-refractivity contribution is 0.240. The fraction of sp³-hybridized carbons (Fsp3) is 0.267. The van der Waals surface area contributed by atoms with E-state index in [9.17, 15) is 4.79 Å². The van der Waals surface area contributed by atoms with Crippen LogP contribution in [0.15, 0.2) is 42.9 Å². The second-order valence-corrected chi connectivity index (χ2v) is 4.40. The molecule has 0 aliphatic rings. The molecule has 0 aliphatic carbocycles. The number of nitrogens with zero attached hydrogens (tertiary/aromatic N) is 2. The molecule has 0 saturated carbocycles. The number of hydrogen-bond donors (Lipinski definition) is 2. The van der Waals surface area contributed by atoms with Crippen LogP contribution in [0.4, 0.5) is 4.79 Å². The van der Waals surface area contributed by atoms with E-state index in [4.69, 9.17) is 0 Å². The first-order valence-electron chi connectivity index (χ1n) is 6.66. The summed E-state index contributed by atoms with van der Waals surface area (Å²) < 4.78 is 0. The van der Waals surface area contributed by atoms with E-state index >= 15 is 0 Å². The van der Waals surface area contributed by atoms with Crippen LogP contribution in [-0.2, 0) is 6.54 Å². The number of urea groups is 1. The van der Waals surface area contributed by atoms with Crippen LogP contribution in [0.5, 0.6) is 0 Å². The molecule has 5 nitrogen and oxygen atoms in total. The van der Waals surface area contributed by atoms with Gasteiger partial charge < -0.3 is 10.6 Å². The average molecular weight is 270 g/mol. The zero-order valence-electron chi connectivity index (χ0n) is 11.5. The number of hydrogen-bond acceptors (Lipinski definition) is 3. The molecule has 2 aromatic heterocycles. The van der Waals surface area contributed by atoms with Gasteiger partial charge in [0.05, 0.1) is 5.69 Å². The standard InChI is InChI=1S/C15H18N4O/c1-2-7-17-15(20)19-10-12-5-6-14(18-9-12)13-4-3-8-16-11-13/h3-6,8-9,11H,2,7,10H2,1H3,(H2,17,19,20). The quantitative estimate of drug-likeness (QED) is 0.876. The molecule has 0 bridgehead atoms. The van der Waals surface area contributed by atoms with Crippen LogP contribution in [0.1, 0.15) is 18.9 Å². The molecule has 0 fully saturated rings. The molecule has 2 amide bonds. The molecule has 0 spiro atoms. The van der Waals surface area contributed by atoms with E-state index in [0.717, 1.165) is 23.2 Å². The third-order valence-corrected chi connectivity index (χ3v) is 2.77. The maximum atomic E-state index is 11.4. The molecular formula is C15H18N4O. The second kappa shape index (κ2) is 7.23. The zero-order chi connectivity index (χ0) is 14.2. The van der Waals surface area contributed by atoms with Crippen molar-refractivity contribution in [3.8, 4) is 11.3 Å². The molecule has 0 atom stereocenters. The Kier molecular flexibility index (Phi) is 5.06. The summed E-state index contributed by atoms with van der Waals surface area (Å²) in [6, 6.07) is 7.58. The first-order chi connectivity index (χ1) is 9.79. The lowest BCUT2D eigenvalue weighted by atomic mass is 10.1. The maximum Gasteiger partial charge on any atom is 0.315 e. The molecule has 0 saturated heterocycles. The number of rotatable bonds is 5. The number of amides is 2. The summed E-state index contributed by atoms with van der Waals surface area (Å²) in [7, 11) is 0. The molecule has 0 aromatic carbocycles. The molecule has 20 heavy (non-hydrogen) atoms. The largest absolute Gasteiger partial charge is 0.338 e. The van der Waals surface area contributed by atoms with Crippen molar-refractivity contribution in [1.82, 2.24) is 20.6 Å². The number of nitrogens with one attached hydrogen (secondary N) is 2. The van der Waals surface area contributed by atoms with Crippen LogP contribution >= 0.6 is 0 Å². The third-order valence-electron chi connectivity index (χ3n) is 2.77. The highest BCUT2D eigenvalue weighted by atomic mass is 16.2. The first-order valence-corrected chi connectivity index (χ1v) is 6.66. The first kappa shape index (κ1) is 14.0. The van der Waals surface area contributed by atoms with Crippen molar-refractivity contribution in [3.05, 3.63) is 48.4 Å². The van der Waals surface area contributed by atoms with Gasteiger partial charge in [-0.2, -0.15) is 0 Å². The monoisotopic (exact) mass is 270 g/mol. The topological polar surface area (TPSA) is 66.9 Å². The zero-order valence-corrected chi connectivity index (χ0v) is 11.5. The van der Waals surface area contributed by atoms with E-state index in [-0.39, 0.29) is 6.03 Å². The Bertz CT molecular complexity index is 540. The van der Waals surface area contributed by atoms with Gasteiger partial charge in [0.15, 0.2) is 0 Å². The van der Waals surface area contributed by atoms with Gasteiger partial charge in [-0.1, -0.05) is 13.0 Å². The molecule has 2 N–H and O–H groups in total. The highest BCUT2D eigenvalue weighted by Gasteiger charge is 2.01. The van der Waals surface area contributed by atoms with Gasteiger partial charge in [-0.05, 0) is 30.2 Å². The van der Waals surface area contributed by atoms with Gasteiger partial charge in [0.2, 0.25) is 0 Å². The summed E-state index contributed by atoms with van der Waals surface area (Å²) in [6.07, 6.45) is 6.20. The van der Waals surface area contributed by atoms with Gasteiger partial charge in [0.25, 0.3) is 0 Å². The highest BCUT2D eigenvalue weighted by Crippen LogP contribution is 2.14. The van der Waals surface area contributed by atoms with Crippen molar-refractivity contribution in [3.63, 3.8) is 0 Å². The van der Waals surface area contributed by atoms with Gasteiger partial charge in [-0.3, -0.25) is 9.97 Å². The van der Waals surface area contributed by atoms with E-state index in [0.29, 0.717) is 13.1 Å². The Morgan fingerprint density at radius 2 is 2.10 bits per heavy atom. The summed E-state index contributed by atoms with van der Waals surface area (Å²) in [6.45, 7) is 3.17. The van der Waals surface area contributed by atoms with Gasteiger partial charge in [-0.25, -0.2) is 4.79 Å². The lowest BCUT2D eigenvalue weighted by Crippen LogP contribution is -2.35. The minimum atomic E-state index is -0.150. The third kappa shape index (κ3) is 4.05. The summed E-state index contributed by atoms with van der Waals surface area (Å²) >= 11 is 0. The van der Waals surface area contributed by atoms with Gasteiger partial charge in [-0.15, -0.1) is 0 Å². The Hall–Kier alpha value is -2.43. The molecule has 2 rings (SSSR count). The molecule has 0 radical (unpaired) electrons. The number of carbonyl (C=O) groups excluding carboxylic acids is 1. The van der Waals surface area contributed by atoms with Gasteiger partial charge in [0, 0.05) is 37.2 Å². The molecule has 2 aromatic rings. The fourth-order valence-corrected chi connectivity index (χ4v) is 1.70. The lowest BCUT2D eigenvalue weighted by Gasteiger charge is -2.07. The second-order valence-electron chi connectivity index (χ2n) is 4.40. The van der Waals surface area contributed by atoms with Crippen molar-refractivity contribution in [2.45, 2.75) is 19.9 Å². The number of pyridine rings is 2. The number of carbonyl (C=O) groups is 1. The maximum absolute atomic E-state index is 11.4. The minimum absolute atomic E-state index is 0.150. The van der Waals surface area contributed by atoms with Crippen LogP contribution in [0.2, 0.25) is 0 Å². The predicted molar refractivity (Wildman–Crippen MR) is 78.0 cm³/mol. The van der Waals surface area contributed by atoms with E-state index < -0.39 is 0 Å². The van der Waals surface area contributed by atoms with Gasteiger partial charge in [0.1, 0.15) is 0 Å². The Labute approximate surface area is 118 Å².